The topological polar surface area (TPSA) is 106 Å². The molecule has 0 bridgehead atoms. The molecule has 3 aromatic rings. The number of anilines is 1. The summed E-state index contributed by atoms with van der Waals surface area (Å²) in [6.07, 6.45) is 1.78. The Hall–Kier alpha value is -2.67. The smallest absolute Gasteiger partial charge is 0.357 e. The lowest BCUT2D eigenvalue weighted by Crippen LogP contribution is -2.15. The van der Waals surface area contributed by atoms with Crippen LogP contribution in [0.3, 0.4) is 0 Å². The third kappa shape index (κ3) is 4.09. The van der Waals surface area contributed by atoms with Crippen molar-refractivity contribution in [2.45, 2.75) is 19.6 Å². The molecule has 0 fully saturated rings. The Morgan fingerprint density at radius 1 is 1.11 bits per heavy atom. The zero-order valence-electron chi connectivity index (χ0n) is 15.6. The molecule has 0 spiro atoms. The van der Waals surface area contributed by atoms with Crippen LogP contribution < -0.4 is 5.32 Å². The van der Waals surface area contributed by atoms with Crippen LogP contribution in [0.1, 0.15) is 25.2 Å². The number of H-pyrrole nitrogens is 1. The highest BCUT2D eigenvalue weighted by Crippen LogP contribution is 2.61. The Morgan fingerprint density at radius 2 is 1.75 bits per heavy atom. The average Bonchev–Trinajstić information content (AvgIpc) is 3.10. The van der Waals surface area contributed by atoms with Gasteiger partial charge in [0, 0.05) is 40.5 Å². The van der Waals surface area contributed by atoms with Crippen LogP contribution in [0, 0.1) is 10.1 Å². The zero-order valence-corrected chi connectivity index (χ0v) is 16.5. The van der Waals surface area contributed by atoms with E-state index in [0.717, 1.165) is 16.5 Å². The molecule has 0 saturated heterocycles. The number of benzene rings is 2. The number of fused-ring (bicyclic) bond motifs is 1. The fourth-order valence-corrected chi connectivity index (χ4v) is 4.98. The van der Waals surface area contributed by atoms with E-state index in [-0.39, 0.29) is 18.9 Å². The summed E-state index contributed by atoms with van der Waals surface area (Å²) in [5, 5.41) is 15.0. The molecule has 1 atom stereocenters. The second kappa shape index (κ2) is 8.56. The lowest BCUT2D eigenvalue weighted by atomic mass is 10.1. The highest BCUT2D eigenvalue weighted by Gasteiger charge is 2.38. The summed E-state index contributed by atoms with van der Waals surface area (Å²) in [4.78, 5) is 13.6. The maximum atomic E-state index is 13.6. The van der Waals surface area contributed by atoms with E-state index in [2.05, 4.69) is 10.3 Å². The van der Waals surface area contributed by atoms with Crippen molar-refractivity contribution in [3.8, 4) is 0 Å². The maximum Gasteiger partial charge on any atom is 0.357 e. The molecule has 0 saturated carbocycles. The van der Waals surface area contributed by atoms with E-state index in [4.69, 9.17) is 9.05 Å². The van der Waals surface area contributed by atoms with Crippen molar-refractivity contribution in [3.63, 3.8) is 0 Å². The number of rotatable bonds is 9. The molecule has 0 aliphatic heterocycles. The molecule has 0 amide bonds. The van der Waals surface area contributed by atoms with Crippen molar-refractivity contribution in [1.29, 1.82) is 0 Å². The largest absolute Gasteiger partial charge is 0.368 e. The molecular formula is C19H22N3O5P. The Kier molecular flexibility index (Phi) is 6.14. The van der Waals surface area contributed by atoms with E-state index in [1.165, 1.54) is 12.1 Å². The first-order valence-electron chi connectivity index (χ1n) is 8.94. The van der Waals surface area contributed by atoms with Gasteiger partial charge < -0.3 is 19.3 Å². The normalized spacial score (nSPS) is 12.8. The number of nitro groups is 1. The number of non-ortho nitro benzene ring substituents is 1. The van der Waals surface area contributed by atoms with Gasteiger partial charge in [-0.25, -0.2) is 0 Å². The van der Waals surface area contributed by atoms with Gasteiger partial charge in [-0.1, -0.05) is 18.2 Å². The van der Waals surface area contributed by atoms with Crippen molar-refractivity contribution < 1.29 is 18.5 Å². The van der Waals surface area contributed by atoms with E-state index in [9.17, 15) is 14.7 Å². The van der Waals surface area contributed by atoms with Crippen molar-refractivity contribution >= 4 is 29.9 Å². The Bertz CT molecular complexity index is 992. The standard InChI is InChI=1S/C19H22N3O5P/c1-3-26-28(25,27-4-2)19(17-13-20-18-8-6-5-7-16(17)18)21-14-9-11-15(12-10-14)22(23)24/h5-13,19-21H,3-4H2,1-2H3/t19-/m1/s1. The van der Waals surface area contributed by atoms with Gasteiger partial charge in [0.1, 0.15) is 0 Å². The SMILES string of the molecule is CCOP(=O)(OCC)[C@@H](Nc1ccc([N+](=O)[O-])cc1)c1c[nH]c2ccccc12. The Balaban J connectivity index is 2.06. The fourth-order valence-electron chi connectivity index (χ4n) is 3.03. The van der Waals surface area contributed by atoms with Crippen molar-refractivity contribution in [2.24, 2.45) is 0 Å². The van der Waals surface area contributed by atoms with Gasteiger partial charge in [-0.05, 0) is 32.0 Å². The molecule has 0 radical (unpaired) electrons. The Morgan fingerprint density at radius 3 is 2.36 bits per heavy atom. The maximum absolute atomic E-state index is 13.6. The molecule has 8 nitrogen and oxygen atoms in total. The van der Waals surface area contributed by atoms with Crippen molar-refractivity contribution in [3.05, 3.63) is 70.4 Å². The van der Waals surface area contributed by atoms with E-state index in [1.807, 2.05) is 24.3 Å². The Labute approximate surface area is 162 Å². The minimum absolute atomic E-state index is 0.0213. The number of aromatic nitrogens is 1. The van der Waals surface area contributed by atoms with Crippen LogP contribution >= 0.6 is 7.60 Å². The number of para-hydroxylation sites is 1. The number of aromatic amines is 1. The van der Waals surface area contributed by atoms with Crippen molar-refractivity contribution in [1.82, 2.24) is 4.98 Å². The predicted octanol–water partition coefficient (Wildman–Crippen LogP) is 5.45. The van der Waals surface area contributed by atoms with Crippen LogP contribution in [-0.4, -0.2) is 23.1 Å². The summed E-state index contributed by atoms with van der Waals surface area (Å²) in [5.74, 6) is -0.787. The molecule has 1 heterocycles. The number of hydrogen-bond donors (Lipinski definition) is 2. The summed E-state index contributed by atoms with van der Waals surface area (Å²) in [6.45, 7) is 3.95. The van der Waals surface area contributed by atoms with Crippen LogP contribution in [0.2, 0.25) is 0 Å². The second-order valence-corrected chi connectivity index (χ2v) is 8.13. The van der Waals surface area contributed by atoms with E-state index in [1.54, 1.807) is 32.2 Å². The molecule has 2 N–H and O–H groups in total. The molecule has 28 heavy (non-hydrogen) atoms. The third-order valence-corrected chi connectivity index (χ3v) is 6.51. The fraction of sp³-hybridized carbons (Fsp3) is 0.263. The van der Waals surface area contributed by atoms with E-state index < -0.39 is 18.3 Å². The molecule has 148 valence electrons. The van der Waals surface area contributed by atoms with Crippen LogP contribution in [0.4, 0.5) is 11.4 Å². The summed E-state index contributed by atoms with van der Waals surface area (Å²) >= 11 is 0. The van der Waals surface area contributed by atoms with Gasteiger partial charge in [-0.15, -0.1) is 0 Å². The molecule has 9 heteroatoms. The van der Waals surface area contributed by atoms with Gasteiger partial charge in [0.05, 0.1) is 18.1 Å². The predicted molar refractivity (Wildman–Crippen MR) is 109 cm³/mol. The molecule has 3 rings (SSSR count). The summed E-state index contributed by atoms with van der Waals surface area (Å²) < 4.78 is 24.8. The van der Waals surface area contributed by atoms with Crippen LogP contribution in [0.25, 0.3) is 10.9 Å². The first-order valence-corrected chi connectivity index (χ1v) is 10.6. The number of hydrogen-bond acceptors (Lipinski definition) is 6. The summed E-state index contributed by atoms with van der Waals surface area (Å²) in [5.41, 5.74) is 2.18. The quantitative estimate of drug-likeness (QED) is 0.279. The minimum Gasteiger partial charge on any atom is -0.368 e. The summed E-state index contributed by atoms with van der Waals surface area (Å²) in [6, 6.07) is 13.6. The number of nitro benzene ring substituents is 1. The van der Waals surface area contributed by atoms with Gasteiger partial charge in [0.15, 0.2) is 5.78 Å². The van der Waals surface area contributed by atoms with Gasteiger partial charge >= 0.3 is 7.60 Å². The van der Waals surface area contributed by atoms with Crippen LogP contribution in [0.5, 0.6) is 0 Å². The van der Waals surface area contributed by atoms with Crippen LogP contribution in [-0.2, 0) is 13.6 Å². The highest BCUT2D eigenvalue weighted by molar-refractivity contribution is 7.54. The molecule has 0 aliphatic rings. The molecule has 0 unspecified atom stereocenters. The third-order valence-electron chi connectivity index (χ3n) is 4.23. The first-order chi connectivity index (χ1) is 13.5. The lowest BCUT2D eigenvalue weighted by Gasteiger charge is -2.27. The first kappa shape index (κ1) is 20.1. The lowest BCUT2D eigenvalue weighted by molar-refractivity contribution is -0.384. The highest BCUT2D eigenvalue weighted by atomic mass is 31.2. The van der Waals surface area contributed by atoms with Crippen LogP contribution in [0.15, 0.2) is 54.7 Å². The van der Waals surface area contributed by atoms with Crippen molar-refractivity contribution in [2.75, 3.05) is 18.5 Å². The average molecular weight is 403 g/mol. The summed E-state index contributed by atoms with van der Waals surface area (Å²) in [7, 11) is -3.58. The van der Waals surface area contributed by atoms with E-state index >= 15 is 0 Å². The molecule has 1 aromatic heterocycles. The van der Waals surface area contributed by atoms with Gasteiger partial charge in [-0.3, -0.25) is 14.7 Å². The molecular weight excluding hydrogens is 381 g/mol. The number of nitrogens with one attached hydrogen (secondary N) is 2. The molecule has 2 aromatic carbocycles. The number of nitrogens with zero attached hydrogens (tertiary/aromatic N) is 1. The van der Waals surface area contributed by atoms with Gasteiger partial charge in [0.2, 0.25) is 0 Å². The van der Waals surface area contributed by atoms with E-state index in [0.29, 0.717) is 5.69 Å². The van der Waals surface area contributed by atoms with Gasteiger partial charge in [-0.2, -0.15) is 0 Å². The van der Waals surface area contributed by atoms with Gasteiger partial charge in [0.25, 0.3) is 5.69 Å². The minimum atomic E-state index is -3.58. The second-order valence-electron chi connectivity index (χ2n) is 6.02. The zero-order chi connectivity index (χ0) is 20.1. The molecule has 0 aliphatic carbocycles. The monoisotopic (exact) mass is 403 g/mol.